The number of carboxylic acids is 1. The predicted octanol–water partition coefficient (Wildman–Crippen LogP) is 2.27. The largest absolute Gasteiger partial charge is 0.507 e. The van der Waals surface area contributed by atoms with Crippen LogP contribution in [0.15, 0.2) is 18.2 Å². The van der Waals surface area contributed by atoms with Gasteiger partial charge >= 0.3 is 5.97 Å². The fraction of sp³-hybridized carbons (Fsp3) is 0.364. The van der Waals surface area contributed by atoms with Crippen LogP contribution in [-0.4, -0.2) is 21.8 Å². The molecule has 0 aliphatic rings. The van der Waals surface area contributed by atoms with Crippen LogP contribution in [-0.2, 0) is 0 Å². The lowest BCUT2D eigenvalue weighted by Gasteiger charge is -2.21. The Balaban J connectivity index is 2.97. The molecule has 4 heteroatoms. The summed E-state index contributed by atoms with van der Waals surface area (Å²) in [6, 6.07) is 4.14. The Morgan fingerprint density at radius 2 is 1.93 bits per heavy atom. The number of benzene rings is 1. The first-order chi connectivity index (χ1) is 6.79. The number of hydrogen-bond acceptors (Lipinski definition) is 3. The zero-order valence-electron chi connectivity index (χ0n) is 8.94. The van der Waals surface area contributed by atoms with Crippen LogP contribution in [0.4, 0.5) is 0 Å². The van der Waals surface area contributed by atoms with E-state index in [2.05, 4.69) is 0 Å². The molecule has 0 atom stereocenters. The van der Waals surface area contributed by atoms with Crippen LogP contribution in [0.2, 0.25) is 0 Å². The molecule has 0 aliphatic heterocycles. The first kappa shape index (κ1) is 11.4. The summed E-state index contributed by atoms with van der Waals surface area (Å²) in [6.45, 7) is 5.61. The van der Waals surface area contributed by atoms with E-state index in [1.165, 1.54) is 18.2 Å². The minimum absolute atomic E-state index is 0.128. The summed E-state index contributed by atoms with van der Waals surface area (Å²) in [5.74, 6) is -0.996. The molecule has 15 heavy (non-hydrogen) atoms. The van der Waals surface area contributed by atoms with Gasteiger partial charge < -0.3 is 14.9 Å². The third-order valence-corrected chi connectivity index (χ3v) is 1.62. The average molecular weight is 210 g/mol. The second kappa shape index (κ2) is 3.81. The van der Waals surface area contributed by atoms with Gasteiger partial charge in [0.25, 0.3) is 0 Å². The van der Waals surface area contributed by atoms with Crippen LogP contribution in [0.1, 0.15) is 31.1 Å². The van der Waals surface area contributed by atoms with Crippen LogP contribution in [0.3, 0.4) is 0 Å². The molecule has 2 N–H and O–H groups in total. The molecular weight excluding hydrogens is 196 g/mol. The number of hydrogen-bond donors (Lipinski definition) is 2. The van der Waals surface area contributed by atoms with Crippen molar-refractivity contribution in [1.29, 1.82) is 0 Å². The Morgan fingerprint density at radius 1 is 1.33 bits per heavy atom. The maximum absolute atomic E-state index is 10.6. The molecule has 0 fully saturated rings. The second-order valence-corrected chi connectivity index (χ2v) is 4.20. The summed E-state index contributed by atoms with van der Waals surface area (Å²) in [5.41, 5.74) is -0.506. The second-order valence-electron chi connectivity index (χ2n) is 4.20. The molecular formula is C11H14O4. The van der Waals surface area contributed by atoms with Crippen LogP contribution in [0.25, 0.3) is 0 Å². The number of phenols is 1. The maximum Gasteiger partial charge on any atom is 0.339 e. The summed E-state index contributed by atoms with van der Waals surface area (Å²) >= 11 is 0. The van der Waals surface area contributed by atoms with Crippen molar-refractivity contribution in [2.75, 3.05) is 0 Å². The van der Waals surface area contributed by atoms with E-state index in [4.69, 9.17) is 9.84 Å². The molecule has 1 rings (SSSR count). The lowest BCUT2D eigenvalue weighted by molar-refractivity contribution is 0.0693. The normalized spacial score (nSPS) is 11.1. The van der Waals surface area contributed by atoms with E-state index in [0.717, 1.165) is 0 Å². The molecule has 0 bridgehead atoms. The Labute approximate surface area is 88.1 Å². The highest BCUT2D eigenvalue weighted by molar-refractivity contribution is 5.90. The molecule has 0 aromatic heterocycles. The molecule has 0 amide bonds. The van der Waals surface area contributed by atoms with Crippen LogP contribution >= 0.6 is 0 Å². The number of aromatic carboxylic acids is 1. The zero-order chi connectivity index (χ0) is 11.6. The molecule has 0 unspecified atom stereocenters. The van der Waals surface area contributed by atoms with Crippen molar-refractivity contribution in [2.24, 2.45) is 0 Å². The van der Waals surface area contributed by atoms with E-state index in [1.54, 1.807) is 0 Å². The topological polar surface area (TPSA) is 66.8 Å². The quantitative estimate of drug-likeness (QED) is 0.785. The fourth-order valence-electron chi connectivity index (χ4n) is 1.11. The summed E-state index contributed by atoms with van der Waals surface area (Å²) < 4.78 is 5.46. The van der Waals surface area contributed by atoms with Crippen molar-refractivity contribution < 1.29 is 19.7 Å². The van der Waals surface area contributed by atoms with E-state index in [0.29, 0.717) is 5.75 Å². The number of carboxylic acid groups (broad SMARTS) is 1. The van der Waals surface area contributed by atoms with E-state index < -0.39 is 5.97 Å². The van der Waals surface area contributed by atoms with Crippen LogP contribution < -0.4 is 4.74 Å². The van der Waals surface area contributed by atoms with E-state index in [-0.39, 0.29) is 16.9 Å². The number of carbonyl (C=O) groups is 1. The Hall–Kier alpha value is -1.71. The van der Waals surface area contributed by atoms with Gasteiger partial charge in [0, 0.05) is 6.07 Å². The molecule has 0 heterocycles. The van der Waals surface area contributed by atoms with Crippen molar-refractivity contribution in [3.05, 3.63) is 23.8 Å². The highest BCUT2D eigenvalue weighted by Crippen LogP contribution is 2.26. The third-order valence-electron chi connectivity index (χ3n) is 1.62. The average Bonchev–Trinajstić information content (AvgIpc) is 1.99. The van der Waals surface area contributed by atoms with E-state index in [1.807, 2.05) is 20.8 Å². The van der Waals surface area contributed by atoms with Gasteiger partial charge in [0.1, 0.15) is 22.7 Å². The molecule has 0 aliphatic carbocycles. The monoisotopic (exact) mass is 210 g/mol. The van der Waals surface area contributed by atoms with Crippen molar-refractivity contribution in [3.63, 3.8) is 0 Å². The molecule has 0 saturated carbocycles. The number of ether oxygens (including phenoxy) is 1. The minimum Gasteiger partial charge on any atom is -0.507 e. The lowest BCUT2D eigenvalue weighted by Crippen LogP contribution is -2.22. The van der Waals surface area contributed by atoms with Crippen LogP contribution in [0, 0.1) is 0 Å². The van der Waals surface area contributed by atoms with Crippen LogP contribution in [0.5, 0.6) is 11.5 Å². The Morgan fingerprint density at radius 3 is 2.33 bits per heavy atom. The smallest absolute Gasteiger partial charge is 0.339 e. The summed E-state index contributed by atoms with van der Waals surface area (Å²) in [6.07, 6.45) is 0. The Bertz CT molecular complexity index is 377. The zero-order valence-corrected chi connectivity index (χ0v) is 8.94. The molecule has 1 aromatic rings. The van der Waals surface area contributed by atoms with Gasteiger partial charge in [0.05, 0.1) is 0 Å². The summed E-state index contributed by atoms with van der Waals surface area (Å²) in [4.78, 5) is 10.6. The summed E-state index contributed by atoms with van der Waals surface area (Å²) in [5, 5.41) is 18.1. The van der Waals surface area contributed by atoms with Gasteiger partial charge in [-0.1, -0.05) is 0 Å². The standard InChI is InChI=1S/C11H14O4/c1-11(2,3)15-7-4-5-8(10(13)14)9(12)6-7/h4-6,12H,1-3H3,(H,13,14). The van der Waals surface area contributed by atoms with Gasteiger partial charge in [-0.2, -0.15) is 0 Å². The van der Waals surface area contributed by atoms with Gasteiger partial charge in [-0.05, 0) is 32.9 Å². The number of aromatic hydroxyl groups is 1. The maximum atomic E-state index is 10.6. The third kappa shape index (κ3) is 3.16. The molecule has 82 valence electrons. The van der Waals surface area contributed by atoms with Gasteiger partial charge in [0.2, 0.25) is 0 Å². The molecule has 0 spiro atoms. The SMILES string of the molecule is CC(C)(C)Oc1ccc(C(=O)O)c(O)c1. The van der Waals surface area contributed by atoms with Gasteiger partial charge in [-0.3, -0.25) is 0 Å². The summed E-state index contributed by atoms with van der Waals surface area (Å²) in [7, 11) is 0. The minimum atomic E-state index is -1.16. The van der Waals surface area contributed by atoms with Gasteiger partial charge in [-0.25, -0.2) is 4.79 Å². The molecule has 0 radical (unpaired) electrons. The lowest BCUT2D eigenvalue weighted by atomic mass is 10.1. The molecule has 0 saturated heterocycles. The van der Waals surface area contributed by atoms with Crippen molar-refractivity contribution in [1.82, 2.24) is 0 Å². The first-order valence-electron chi connectivity index (χ1n) is 4.55. The first-order valence-corrected chi connectivity index (χ1v) is 4.55. The van der Waals surface area contributed by atoms with E-state index in [9.17, 15) is 9.90 Å². The molecule has 1 aromatic carbocycles. The highest BCUT2D eigenvalue weighted by Gasteiger charge is 2.14. The molecule has 4 nitrogen and oxygen atoms in total. The fourth-order valence-corrected chi connectivity index (χ4v) is 1.11. The van der Waals surface area contributed by atoms with Gasteiger partial charge in [0.15, 0.2) is 0 Å². The Kier molecular flexibility index (Phi) is 2.88. The highest BCUT2D eigenvalue weighted by atomic mass is 16.5. The number of rotatable bonds is 2. The predicted molar refractivity (Wildman–Crippen MR) is 55.4 cm³/mol. The van der Waals surface area contributed by atoms with E-state index >= 15 is 0 Å². The van der Waals surface area contributed by atoms with Crippen molar-refractivity contribution in [2.45, 2.75) is 26.4 Å². The van der Waals surface area contributed by atoms with Gasteiger partial charge in [-0.15, -0.1) is 0 Å². The van der Waals surface area contributed by atoms with Crippen molar-refractivity contribution >= 4 is 5.97 Å². The van der Waals surface area contributed by atoms with Crippen molar-refractivity contribution in [3.8, 4) is 11.5 Å².